The monoisotopic (exact) mass is 490 g/mol. The summed E-state index contributed by atoms with van der Waals surface area (Å²) >= 11 is 5.54. The Labute approximate surface area is 203 Å². The molecule has 0 spiro atoms. The van der Waals surface area contributed by atoms with Gasteiger partial charge >= 0.3 is 0 Å². The molecule has 2 aromatic carbocycles. The van der Waals surface area contributed by atoms with Gasteiger partial charge in [-0.3, -0.25) is 0 Å². The molecule has 0 aromatic heterocycles. The van der Waals surface area contributed by atoms with Crippen LogP contribution in [-0.4, -0.2) is 57.7 Å². The molecule has 2 aromatic rings. The van der Waals surface area contributed by atoms with Crippen LogP contribution in [0.5, 0.6) is 5.75 Å². The van der Waals surface area contributed by atoms with Gasteiger partial charge in [0.15, 0.2) is 5.11 Å². The molecule has 0 saturated carbocycles. The van der Waals surface area contributed by atoms with Crippen molar-refractivity contribution in [3.63, 3.8) is 0 Å². The Kier molecular flexibility index (Phi) is 8.94. The summed E-state index contributed by atoms with van der Waals surface area (Å²) in [6, 6.07) is 13.2. The lowest BCUT2D eigenvalue weighted by Crippen LogP contribution is -2.32. The molecule has 3 rings (SSSR count). The number of anilines is 2. The van der Waals surface area contributed by atoms with Gasteiger partial charge < -0.3 is 20.3 Å². The summed E-state index contributed by atoms with van der Waals surface area (Å²) in [5.74, 6) is 0.831. The predicted molar refractivity (Wildman–Crippen MR) is 139 cm³/mol. The molecule has 0 amide bonds. The van der Waals surface area contributed by atoms with E-state index >= 15 is 0 Å². The molecule has 0 aliphatic carbocycles. The molecule has 2 N–H and O–H groups in total. The van der Waals surface area contributed by atoms with Crippen LogP contribution in [0.3, 0.4) is 0 Å². The fourth-order valence-electron chi connectivity index (χ4n) is 4.00. The van der Waals surface area contributed by atoms with Crippen molar-refractivity contribution in [1.29, 1.82) is 0 Å². The van der Waals surface area contributed by atoms with Crippen molar-refractivity contribution >= 4 is 38.7 Å². The maximum absolute atomic E-state index is 13.1. The van der Waals surface area contributed by atoms with Gasteiger partial charge in [0.05, 0.1) is 23.4 Å². The second-order valence-electron chi connectivity index (χ2n) is 7.94. The van der Waals surface area contributed by atoms with Crippen molar-refractivity contribution in [1.82, 2.24) is 9.62 Å². The lowest BCUT2D eigenvalue weighted by Gasteiger charge is -2.24. The number of benzene rings is 2. The first-order valence-electron chi connectivity index (χ1n) is 11.5. The summed E-state index contributed by atoms with van der Waals surface area (Å²) < 4.78 is 32.8. The highest BCUT2D eigenvalue weighted by Crippen LogP contribution is 2.32. The number of sulfonamides is 1. The molecule has 33 heavy (non-hydrogen) atoms. The molecule has 7 nitrogen and oxygen atoms in total. The topological polar surface area (TPSA) is 73.9 Å². The molecule has 9 heteroatoms. The van der Waals surface area contributed by atoms with Gasteiger partial charge in [-0.15, -0.1) is 0 Å². The lowest BCUT2D eigenvalue weighted by molar-refractivity contribution is 0.414. The fourth-order valence-corrected chi connectivity index (χ4v) is 5.70. The van der Waals surface area contributed by atoms with Gasteiger partial charge in [0.2, 0.25) is 10.0 Å². The van der Waals surface area contributed by atoms with Crippen molar-refractivity contribution in [3.8, 4) is 5.75 Å². The Bertz CT molecular complexity index is 1030. The smallest absolute Gasteiger partial charge is 0.243 e. The standard InChI is InChI=1S/C24H34N4O3S2/c1-4-28(5-2)33(29,30)21-12-13-23(27-16-6-7-17-27)22(18-21)26-24(32)25-15-14-19-8-10-20(31-3)11-9-19/h8-13,18H,4-7,14-17H2,1-3H3,(H2,25,26,32). The molecule has 1 aliphatic rings. The number of nitrogens with zero attached hydrogens (tertiary/aromatic N) is 2. The number of ether oxygens (including phenoxy) is 1. The predicted octanol–water partition coefficient (Wildman–Crippen LogP) is 3.86. The highest BCUT2D eigenvalue weighted by atomic mass is 32.2. The third kappa shape index (κ3) is 6.37. The molecular formula is C24H34N4O3S2. The van der Waals surface area contributed by atoms with Crippen molar-refractivity contribution < 1.29 is 13.2 Å². The van der Waals surface area contributed by atoms with Gasteiger partial charge in [-0.25, -0.2) is 8.42 Å². The summed E-state index contributed by atoms with van der Waals surface area (Å²) in [6.07, 6.45) is 3.06. The number of hydrogen-bond acceptors (Lipinski definition) is 5. The second-order valence-corrected chi connectivity index (χ2v) is 10.3. The summed E-state index contributed by atoms with van der Waals surface area (Å²) in [5, 5.41) is 6.97. The van der Waals surface area contributed by atoms with E-state index in [0.29, 0.717) is 30.4 Å². The summed E-state index contributed by atoms with van der Waals surface area (Å²) in [6.45, 7) is 7.13. The van der Waals surface area contributed by atoms with E-state index in [-0.39, 0.29) is 4.90 Å². The zero-order chi connectivity index (χ0) is 23.8. The number of hydrogen-bond donors (Lipinski definition) is 2. The van der Waals surface area contributed by atoms with Gasteiger partial charge in [-0.1, -0.05) is 26.0 Å². The zero-order valence-electron chi connectivity index (χ0n) is 19.6. The Morgan fingerprint density at radius 3 is 2.36 bits per heavy atom. The highest BCUT2D eigenvalue weighted by Gasteiger charge is 2.24. The maximum Gasteiger partial charge on any atom is 0.243 e. The summed E-state index contributed by atoms with van der Waals surface area (Å²) in [4.78, 5) is 2.55. The van der Waals surface area contributed by atoms with Gasteiger partial charge in [0.25, 0.3) is 0 Å². The van der Waals surface area contributed by atoms with Crippen LogP contribution in [0.4, 0.5) is 11.4 Å². The SMILES string of the molecule is CCN(CC)S(=O)(=O)c1ccc(N2CCCC2)c(NC(=S)NCCc2ccc(OC)cc2)c1. The van der Waals surface area contributed by atoms with Crippen LogP contribution in [0.2, 0.25) is 0 Å². The number of rotatable bonds is 10. The maximum atomic E-state index is 13.1. The third-order valence-electron chi connectivity index (χ3n) is 5.86. The molecule has 0 unspecified atom stereocenters. The first-order chi connectivity index (χ1) is 15.9. The molecular weight excluding hydrogens is 456 g/mol. The second kappa shape index (κ2) is 11.7. The first-order valence-corrected chi connectivity index (χ1v) is 13.3. The fraction of sp³-hybridized carbons (Fsp3) is 0.458. The minimum absolute atomic E-state index is 0.276. The molecule has 1 fully saturated rings. The zero-order valence-corrected chi connectivity index (χ0v) is 21.3. The average Bonchev–Trinajstić information content (AvgIpc) is 3.35. The van der Waals surface area contributed by atoms with Crippen LogP contribution in [0, 0.1) is 0 Å². The van der Waals surface area contributed by atoms with E-state index in [1.807, 2.05) is 44.2 Å². The van der Waals surface area contributed by atoms with Crippen molar-refractivity contribution in [3.05, 3.63) is 48.0 Å². The molecule has 1 saturated heterocycles. The van der Waals surface area contributed by atoms with E-state index in [1.165, 1.54) is 9.87 Å². The lowest BCUT2D eigenvalue weighted by atomic mass is 10.1. The number of nitrogens with one attached hydrogen (secondary N) is 2. The quantitative estimate of drug-likeness (QED) is 0.490. The Balaban J connectivity index is 1.73. The largest absolute Gasteiger partial charge is 0.497 e. The average molecular weight is 491 g/mol. The normalized spacial score (nSPS) is 13.9. The van der Waals surface area contributed by atoms with Gasteiger partial charge in [0, 0.05) is 32.7 Å². The van der Waals surface area contributed by atoms with E-state index in [2.05, 4.69) is 15.5 Å². The Morgan fingerprint density at radius 1 is 1.09 bits per heavy atom. The van der Waals surface area contributed by atoms with Crippen LogP contribution < -0.4 is 20.3 Å². The molecule has 1 aliphatic heterocycles. The van der Waals surface area contributed by atoms with E-state index in [9.17, 15) is 8.42 Å². The van der Waals surface area contributed by atoms with Crippen LogP contribution in [-0.2, 0) is 16.4 Å². The number of thiocarbonyl (C=S) groups is 1. The minimum Gasteiger partial charge on any atom is -0.497 e. The molecule has 0 atom stereocenters. The van der Waals surface area contributed by atoms with E-state index in [4.69, 9.17) is 17.0 Å². The van der Waals surface area contributed by atoms with Gasteiger partial charge in [0.1, 0.15) is 5.75 Å². The summed E-state index contributed by atoms with van der Waals surface area (Å²) in [5.41, 5.74) is 2.87. The van der Waals surface area contributed by atoms with Crippen molar-refractivity contribution in [2.24, 2.45) is 0 Å². The van der Waals surface area contributed by atoms with Crippen molar-refractivity contribution in [2.45, 2.75) is 38.0 Å². The molecule has 0 radical (unpaired) electrons. The van der Waals surface area contributed by atoms with Crippen LogP contribution in [0.1, 0.15) is 32.3 Å². The van der Waals surface area contributed by atoms with Crippen LogP contribution >= 0.6 is 12.2 Å². The molecule has 0 bridgehead atoms. The Hall–Kier alpha value is -2.36. The van der Waals surface area contributed by atoms with Crippen LogP contribution in [0.15, 0.2) is 47.4 Å². The van der Waals surface area contributed by atoms with E-state index in [1.54, 1.807) is 19.2 Å². The van der Waals surface area contributed by atoms with Crippen molar-refractivity contribution in [2.75, 3.05) is 50.1 Å². The highest BCUT2D eigenvalue weighted by molar-refractivity contribution is 7.89. The third-order valence-corrected chi connectivity index (χ3v) is 8.16. The minimum atomic E-state index is -3.56. The first kappa shape index (κ1) is 25.3. The van der Waals surface area contributed by atoms with E-state index < -0.39 is 10.0 Å². The van der Waals surface area contributed by atoms with Gasteiger partial charge in [-0.2, -0.15) is 4.31 Å². The number of methoxy groups -OCH3 is 1. The summed E-state index contributed by atoms with van der Waals surface area (Å²) in [7, 11) is -1.91. The Morgan fingerprint density at radius 2 is 1.76 bits per heavy atom. The molecule has 180 valence electrons. The van der Waals surface area contributed by atoms with Gasteiger partial charge in [-0.05, 0) is 67.4 Å². The molecule has 1 heterocycles. The van der Waals surface area contributed by atoms with E-state index in [0.717, 1.165) is 43.8 Å². The van der Waals surface area contributed by atoms with Crippen LogP contribution in [0.25, 0.3) is 0 Å².